The van der Waals surface area contributed by atoms with Crippen molar-refractivity contribution < 1.29 is 14.0 Å². The molecule has 1 aliphatic heterocycles. The standard InChI is InChI=1S/C22H25FN2O2/c23-19-12-9-18(10-13-19)16-25(20-8-4-5-15-24-22(20)27)21(26)14-11-17-6-2-1-3-7-17/h1-3,6-7,9-10,12-13,20H,4-5,8,11,14-16H2,(H,24,27). The lowest BCUT2D eigenvalue weighted by Gasteiger charge is -2.30. The molecule has 1 unspecified atom stereocenters. The fourth-order valence-corrected chi connectivity index (χ4v) is 3.42. The minimum Gasteiger partial charge on any atom is -0.354 e. The first kappa shape index (κ1) is 19.1. The van der Waals surface area contributed by atoms with Crippen molar-refractivity contribution in [2.24, 2.45) is 0 Å². The first-order valence-corrected chi connectivity index (χ1v) is 9.49. The Morgan fingerprint density at radius 2 is 1.78 bits per heavy atom. The largest absolute Gasteiger partial charge is 0.354 e. The average Bonchev–Trinajstić information content (AvgIpc) is 2.91. The third-order valence-electron chi connectivity index (χ3n) is 4.94. The zero-order valence-electron chi connectivity index (χ0n) is 15.4. The highest BCUT2D eigenvalue weighted by Gasteiger charge is 2.30. The number of aryl methyl sites for hydroxylation is 1. The van der Waals surface area contributed by atoms with Crippen LogP contribution in [-0.2, 0) is 22.6 Å². The quantitative estimate of drug-likeness (QED) is 0.849. The molecule has 1 saturated heterocycles. The van der Waals surface area contributed by atoms with Gasteiger partial charge >= 0.3 is 0 Å². The summed E-state index contributed by atoms with van der Waals surface area (Å²) in [5.74, 6) is -0.458. The number of nitrogens with one attached hydrogen (secondary N) is 1. The van der Waals surface area contributed by atoms with E-state index in [1.165, 1.54) is 12.1 Å². The summed E-state index contributed by atoms with van der Waals surface area (Å²) in [6, 6.07) is 15.5. The van der Waals surface area contributed by atoms with Crippen LogP contribution in [0.25, 0.3) is 0 Å². The van der Waals surface area contributed by atoms with Crippen LogP contribution in [0.1, 0.15) is 36.8 Å². The number of hydrogen-bond acceptors (Lipinski definition) is 2. The summed E-state index contributed by atoms with van der Waals surface area (Å²) in [5, 5.41) is 2.91. The van der Waals surface area contributed by atoms with Crippen LogP contribution < -0.4 is 5.32 Å². The average molecular weight is 368 g/mol. The molecule has 0 saturated carbocycles. The Labute approximate surface area is 159 Å². The SMILES string of the molecule is O=C1NCCCCC1N(Cc1ccc(F)cc1)C(=O)CCc1ccccc1. The molecule has 1 aliphatic rings. The minimum absolute atomic E-state index is 0.0507. The van der Waals surface area contributed by atoms with Crippen LogP contribution in [0, 0.1) is 5.82 Å². The monoisotopic (exact) mass is 368 g/mol. The molecular formula is C22H25FN2O2. The van der Waals surface area contributed by atoms with E-state index in [0.29, 0.717) is 32.4 Å². The highest BCUT2D eigenvalue weighted by Crippen LogP contribution is 2.18. The van der Waals surface area contributed by atoms with Gasteiger partial charge in [-0.05, 0) is 48.9 Å². The maximum absolute atomic E-state index is 13.2. The Morgan fingerprint density at radius 3 is 2.52 bits per heavy atom. The molecule has 4 nitrogen and oxygen atoms in total. The second-order valence-electron chi connectivity index (χ2n) is 6.94. The summed E-state index contributed by atoms with van der Waals surface area (Å²) in [6.07, 6.45) is 3.45. The molecule has 2 aromatic carbocycles. The smallest absolute Gasteiger partial charge is 0.242 e. The van der Waals surface area contributed by atoms with Gasteiger partial charge in [0.25, 0.3) is 0 Å². The van der Waals surface area contributed by atoms with E-state index in [4.69, 9.17) is 0 Å². The number of amides is 2. The van der Waals surface area contributed by atoms with E-state index in [2.05, 4.69) is 5.32 Å². The minimum atomic E-state index is -0.471. The Morgan fingerprint density at radius 1 is 1.04 bits per heavy atom. The lowest BCUT2D eigenvalue weighted by molar-refractivity contribution is -0.141. The van der Waals surface area contributed by atoms with Crippen LogP contribution in [0.3, 0.4) is 0 Å². The van der Waals surface area contributed by atoms with Gasteiger partial charge in [-0.25, -0.2) is 4.39 Å². The summed E-state index contributed by atoms with van der Waals surface area (Å²) < 4.78 is 13.2. The molecule has 3 rings (SSSR count). The molecule has 1 atom stereocenters. The van der Waals surface area contributed by atoms with Crippen LogP contribution in [-0.4, -0.2) is 29.3 Å². The normalized spacial score (nSPS) is 17.1. The van der Waals surface area contributed by atoms with Crippen molar-refractivity contribution in [2.75, 3.05) is 6.54 Å². The number of halogens is 1. The molecule has 2 aromatic rings. The van der Waals surface area contributed by atoms with E-state index < -0.39 is 6.04 Å². The number of carbonyl (C=O) groups is 2. The van der Waals surface area contributed by atoms with Gasteiger partial charge in [-0.1, -0.05) is 42.5 Å². The zero-order valence-corrected chi connectivity index (χ0v) is 15.4. The molecule has 0 aromatic heterocycles. The van der Waals surface area contributed by atoms with E-state index in [1.807, 2.05) is 30.3 Å². The third kappa shape index (κ3) is 5.39. The van der Waals surface area contributed by atoms with Crippen molar-refractivity contribution in [3.05, 3.63) is 71.5 Å². The molecule has 27 heavy (non-hydrogen) atoms. The van der Waals surface area contributed by atoms with E-state index >= 15 is 0 Å². The molecule has 0 bridgehead atoms. The predicted octanol–water partition coefficient (Wildman–Crippen LogP) is 3.46. The molecule has 0 radical (unpaired) electrons. The second-order valence-corrected chi connectivity index (χ2v) is 6.94. The predicted molar refractivity (Wildman–Crippen MR) is 102 cm³/mol. The Hall–Kier alpha value is -2.69. The molecular weight excluding hydrogens is 343 g/mol. The van der Waals surface area contributed by atoms with E-state index in [0.717, 1.165) is 24.0 Å². The molecule has 142 valence electrons. The highest BCUT2D eigenvalue weighted by atomic mass is 19.1. The summed E-state index contributed by atoms with van der Waals surface area (Å²) >= 11 is 0. The van der Waals surface area contributed by atoms with Gasteiger partial charge in [-0.15, -0.1) is 0 Å². The number of carbonyl (C=O) groups excluding carboxylic acids is 2. The summed E-state index contributed by atoms with van der Waals surface area (Å²) in [5.41, 5.74) is 1.92. The molecule has 0 aliphatic carbocycles. The Balaban J connectivity index is 1.76. The number of hydrogen-bond donors (Lipinski definition) is 1. The zero-order chi connectivity index (χ0) is 19.1. The van der Waals surface area contributed by atoms with E-state index in [9.17, 15) is 14.0 Å². The number of benzene rings is 2. The maximum Gasteiger partial charge on any atom is 0.242 e. The van der Waals surface area contributed by atoms with Crippen LogP contribution in [0.2, 0.25) is 0 Å². The van der Waals surface area contributed by atoms with Gasteiger partial charge in [0.2, 0.25) is 11.8 Å². The van der Waals surface area contributed by atoms with Crippen molar-refractivity contribution >= 4 is 11.8 Å². The van der Waals surface area contributed by atoms with Gasteiger partial charge in [-0.2, -0.15) is 0 Å². The molecule has 1 heterocycles. The van der Waals surface area contributed by atoms with Crippen LogP contribution >= 0.6 is 0 Å². The van der Waals surface area contributed by atoms with Crippen molar-refractivity contribution in [2.45, 2.75) is 44.7 Å². The molecule has 0 spiro atoms. The van der Waals surface area contributed by atoms with Gasteiger partial charge in [0.15, 0.2) is 0 Å². The van der Waals surface area contributed by atoms with Crippen LogP contribution in [0.4, 0.5) is 4.39 Å². The van der Waals surface area contributed by atoms with Crippen molar-refractivity contribution in [3.63, 3.8) is 0 Å². The maximum atomic E-state index is 13.2. The van der Waals surface area contributed by atoms with Crippen LogP contribution in [0.15, 0.2) is 54.6 Å². The van der Waals surface area contributed by atoms with E-state index in [-0.39, 0.29) is 17.6 Å². The van der Waals surface area contributed by atoms with Gasteiger partial charge in [0.1, 0.15) is 11.9 Å². The summed E-state index contributed by atoms with van der Waals surface area (Å²) in [4.78, 5) is 27.2. The van der Waals surface area contributed by atoms with Gasteiger partial charge < -0.3 is 10.2 Å². The van der Waals surface area contributed by atoms with Crippen molar-refractivity contribution in [1.29, 1.82) is 0 Å². The van der Waals surface area contributed by atoms with E-state index in [1.54, 1.807) is 17.0 Å². The van der Waals surface area contributed by atoms with Gasteiger partial charge in [-0.3, -0.25) is 9.59 Å². The van der Waals surface area contributed by atoms with Gasteiger partial charge in [0, 0.05) is 19.5 Å². The number of nitrogens with zero attached hydrogens (tertiary/aromatic N) is 1. The van der Waals surface area contributed by atoms with Gasteiger partial charge in [0.05, 0.1) is 0 Å². The molecule has 2 amide bonds. The number of rotatable bonds is 6. The lowest BCUT2D eigenvalue weighted by Crippen LogP contribution is -2.48. The fourth-order valence-electron chi connectivity index (χ4n) is 3.42. The third-order valence-corrected chi connectivity index (χ3v) is 4.94. The molecule has 1 fully saturated rings. The summed E-state index contributed by atoms with van der Waals surface area (Å²) in [6.45, 7) is 0.962. The highest BCUT2D eigenvalue weighted by molar-refractivity contribution is 5.87. The molecule has 5 heteroatoms. The van der Waals surface area contributed by atoms with Crippen LogP contribution in [0.5, 0.6) is 0 Å². The first-order chi connectivity index (χ1) is 13.1. The first-order valence-electron chi connectivity index (χ1n) is 9.49. The topological polar surface area (TPSA) is 49.4 Å². The second kappa shape index (κ2) is 9.31. The summed E-state index contributed by atoms with van der Waals surface area (Å²) in [7, 11) is 0. The van der Waals surface area contributed by atoms with Crippen molar-refractivity contribution in [1.82, 2.24) is 10.2 Å². The van der Waals surface area contributed by atoms with Crippen molar-refractivity contribution in [3.8, 4) is 0 Å². The lowest BCUT2D eigenvalue weighted by atomic mass is 10.0. The molecule has 1 N–H and O–H groups in total. The fraction of sp³-hybridized carbons (Fsp3) is 0.364. The Kier molecular flexibility index (Phi) is 6.58. The Bertz CT molecular complexity index is 762.